The Hall–Kier alpha value is -6.63. The molecule has 1 aliphatic heterocycles. The van der Waals surface area contributed by atoms with Gasteiger partial charge in [-0.3, -0.25) is 9.55 Å². The first-order chi connectivity index (χ1) is 26.2. The summed E-state index contributed by atoms with van der Waals surface area (Å²) >= 11 is 0. The van der Waals surface area contributed by atoms with Crippen molar-refractivity contribution in [1.29, 1.82) is 0 Å². The lowest BCUT2D eigenvalue weighted by Gasteiger charge is -2.39. The van der Waals surface area contributed by atoms with Crippen LogP contribution in [-0.4, -0.2) is 22.6 Å². The molecule has 0 aliphatic carbocycles. The number of ether oxygens (including phenoxy) is 1. The fraction of sp³-hybridized carbons (Fsp3) is 0.0213. The molecular formula is C47H32FN3OSi. The lowest BCUT2D eigenvalue weighted by atomic mass is 9.98. The average Bonchev–Trinajstić information content (AvgIpc) is 3.55. The van der Waals surface area contributed by atoms with E-state index >= 15 is 4.39 Å². The Morgan fingerprint density at radius 1 is 0.509 bits per heavy atom. The topological polar surface area (TPSA) is 39.9 Å². The highest BCUT2D eigenvalue weighted by Crippen LogP contribution is 2.39. The van der Waals surface area contributed by atoms with E-state index in [0.29, 0.717) is 11.1 Å². The van der Waals surface area contributed by atoms with Gasteiger partial charge in [0.1, 0.15) is 17.3 Å². The number of hydrogen-bond acceptors (Lipinski definition) is 3. The zero-order chi connectivity index (χ0) is 35.4. The Morgan fingerprint density at radius 2 is 1.19 bits per heavy atom. The van der Waals surface area contributed by atoms with Gasteiger partial charge in [-0.2, -0.15) is 0 Å². The summed E-state index contributed by atoms with van der Waals surface area (Å²) in [6.45, 7) is 0. The molecule has 3 aromatic heterocycles. The third kappa shape index (κ3) is 4.94. The molecule has 53 heavy (non-hydrogen) atoms. The van der Waals surface area contributed by atoms with Crippen molar-refractivity contribution in [3.05, 3.63) is 199 Å². The second-order valence-corrected chi connectivity index (χ2v) is 17.2. The van der Waals surface area contributed by atoms with Crippen molar-refractivity contribution in [3.8, 4) is 28.6 Å². The minimum atomic E-state index is -2.87. The van der Waals surface area contributed by atoms with E-state index in [1.165, 1.54) is 20.7 Å². The number of nitrogens with zero attached hydrogens (tertiary/aromatic N) is 3. The molecule has 9 aromatic rings. The third-order valence-corrected chi connectivity index (χ3v) is 15.3. The summed E-state index contributed by atoms with van der Waals surface area (Å²) in [5.74, 6) is 2.45. The molecule has 4 nitrogen and oxygen atoms in total. The van der Waals surface area contributed by atoms with E-state index in [4.69, 9.17) is 9.72 Å². The first-order valence-corrected chi connectivity index (χ1v) is 19.8. The van der Waals surface area contributed by atoms with Crippen molar-refractivity contribution >= 4 is 50.6 Å². The van der Waals surface area contributed by atoms with Gasteiger partial charge >= 0.3 is 0 Å². The first kappa shape index (κ1) is 31.1. The molecule has 4 heterocycles. The van der Waals surface area contributed by atoms with Gasteiger partial charge in [0.05, 0.1) is 16.7 Å². The van der Waals surface area contributed by atoms with Gasteiger partial charge < -0.3 is 4.74 Å². The Kier molecular flexibility index (Phi) is 7.37. The second kappa shape index (κ2) is 12.5. The van der Waals surface area contributed by atoms with Crippen molar-refractivity contribution in [2.24, 2.45) is 0 Å². The molecule has 0 fully saturated rings. The zero-order valence-corrected chi connectivity index (χ0v) is 29.6. The first-order valence-electron chi connectivity index (χ1n) is 17.8. The Labute approximate surface area is 307 Å². The molecule has 0 amide bonds. The third-order valence-electron chi connectivity index (χ3n) is 10.5. The highest BCUT2D eigenvalue weighted by atomic mass is 28.3. The van der Waals surface area contributed by atoms with Gasteiger partial charge in [-0.05, 0) is 80.4 Å². The number of alkyl halides is 1. The predicted octanol–water partition coefficient (Wildman–Crippen LogP) is 8.78. The molecule has 0 saturated heterocycles. The maximum absolute atomic E-state index is 16.7. The number of para-hydroxylation sites is 1. The van der Waals surface area contributed by atoms with Crippen LogP contribution in [0.2, 0.25) is 0 Å². The molecule has 0 N–H and O–H groups in total. The van der Waals surface area contributed by atoms with Gasteiger partial charge in [0.15, 0.2) is 14.2 Å². The fourth-order valence-corrected chi connectivity index (χ4v) is 13.2. The van der Waals surface area contributed by atoms with E-state index in [9.17, 15) is 0 Å². The van der Waals surface area contributed by atoms with E-state index in [1.807, 2.05) is 78.9 Å². The van der Waals surface area contributed by atoms with Crippen molar-refractivity contribution in [1.82, 2.24) is 14.5 Å². The van der Waals surface area contributed by atoms with E-state index in [0.717, 1.165) is 50.4 Å². The van der Waals surface area contributed by atoms with Crippen molar-refractivity contribution in [3.63, 3.8) is 0 Å². The Morgan fingerprint density at radius 3 is 1.92 bits per heavy atom. The fourth-order valence-electron chi connectivity index (χ4n) is 8.20. The van der Waals surface area contributed by atoms with Crippen LogP contribution in [0.1, 0.15) is 17.3 Å². The Bertz CT molecular complexity index is 2730. The SMILES string of the molecule is FC(c1cccc(-c2ccccn2)c1)c1ccc2c3cc4c(cc3n(-c3ccccn3)c2c1)Oc1ccccc1[Si]4(c1ccccc1)c1ccccc1. The zero-order valence-electron chi connectivity index (χ0n) is 28.6. The lowest BCUT2D eigenvalue weighted by molar-refractivity contribution is 0.402. The van der Waals surface area contributed by atoms with Crippen LogP contribution in [-0.2, 0) is 0 Å². The minimum Gasteiger partial charge on any atom is -0.457 e. The molecule has 0 spiro atoms. The minimum absolute atomic E-state index is 0.571. The number of hydrogen-bond donors (Lipinski definition) is 0. The van der Waals surface area contributed by atoms with Gasteiger partial charge in [0.2, 0.25) is 0 Å². The van der Waals surface area contributed by atoms with Crippen molar-refractivity contribution in [2.45, 2.75) is 6.17 Å². The van der Waals surface area contributed by atoms with Crippen LogP contribution in [0.25, 0.3) is 38.9 Å². The van der Waals surface area contributed by atoms with Gasteiger partial charge in [0, 0.05) is 34.8 Å². The number of aromatic nitrogens is 3. The van der Waals surface area contributed by atoms with Crippen LogP contribution >= 0.6 is 0 Å². The molecule has 6 heteroatoms. The number of fused-ring (bicyclic) bond motifs is 5. The molecule has 6 aromatic carbocycles. The molecular weight excluding hydrogens is 670 g/mol. The van der Waals surface area contributed by atoms with Gasteiger partial charge in [-0.25, -0.2) is 9.37 Å². The van der Waals surface area contributed by atoms with Crippen LogP contribution in [0.3, 0.4) is 0 Å². The molecule has 0 bridgehead atoms. The normalized spacial score (nSPS) is 13.6. The van der Waals surface area contributed by atoms with E-state index in [-0.39, 0.29) is 0 Å². The summed E-state index contributed by atoms with van der Waals surface area (Å²) < 4.78 is 25.7. The molecule has 1 atom stereocenters. The molecule has 1 aliphatic rings. The average molecular weight is 702 g/mol. The summed E-state index contributed by atoms with van der Waals surface area (Å²) in [6.07, 6.45) is 2.21. The predicted molar refractivity (Wildman–Crippen MR) is 215 cm³/mol. The summed E-state index contributed by atoms with van der Waals surface area (Å²) in [7, 11) is -2.87. The van der Waals surface area contributed by atoms with Gasteiger partial charge in [0.25, 0.3) is 0 Å². The molecule has 10 rings (SSSR count). The van der Waals surface area contributed by atoms with Gasteiger partial charge in [-0.1, -0.05) is 121 Å². The van der Waals surface area contributed by atoms with Gasteiger partial charge in [-0.15, -0.1) is 0 Å². The summed E-state index contributed by atoms with van der Waals surface area (Å²) in [6, 6.07) is 60.0. The maximum Gasteiger partial charge on any atom is 0.188 e. The summed E-state index contributed by atoms with van der Waals surface area (Å²) in [5.41, 5.74) is 4.67. The summed E-state index contributed by atoms with van der Waals surface area (Å²) in [5, 5.41) is 7.05. The van der Waals surface area contributed by atoms with Crippen LogP contribution < -0.4 is 25.5 Å². The second-order valence-electron chi connectivity index (χ2n) is 13.4. The number of pyridine rings is 2. The smallest absolute Gasteiger partial charge is 0.188 e. The number of halogens is 1. The van der Waals surface area contributed by atoms with Crippen LogP contribution in [0, 0.1) is 0 Å². The van der Waals surface area contributed by atoms with Crippen molar-refractivity contribution < 1.29 is 9.13 Å². The quantitative estimate of drug-likeness (QED) is 0.163. The number of benzene rings is 6. The van der Waals surface area contributed by atoms with Crippen LogP contribution in [0.15, 0.2) is 188 Å². The number of rotatable bonds is 6. The highest BCUT2D eigenvalue weighted by molar-refractivity contribution is 7.20. The molecule has 0 saturated carbocycles. The van der Waals surface area contributed by atoms with Crippen molar-refractivity contribution in [2.75, 3.05) is 0 Å². The standard InChI is InChI=1S/C47H32FN3OSi/c48-47(33-15-13-14-32(28-33)39-20-9-11-26-49-39)34-24-25-37-38-30-45-43(31-41(38)51(40(37)29-34)46-23-10-12-27-50-46)52-42-21-7-8-22-44(42)53(45,35-16-3-1-4-17-35)36-18-5-2-6-19-36/h1-31,47H. The summed E-state index contributed by atoms with van der Waals surface area (Å²) in [4.78, 5) is 9.29. The van der Waals surface area contributed by atoms with E-state index < -0.39 is 14.2 Å². The highest BCUT2D eigenvalue weighted by Gasteiger charge is 2.48. The molecule has 252 valence electrons. The van der Waals surface area contributed by atoms with Crippen LogP contribution in [0.4, 0.5) is 4.39 Å². The van der Waals surface area contributed by atoms with E-state index in [1.54, 1.807) is 12.4 Å². The molecule has 0 radical (unpaired) electrons. The lowest BCUT2D eigenvalue weighted by Crippen LogP contribution is -2.76. The largest absolute Gasteiger partial charge is 0.457 e. The van der Waals surface area contributed by atoms with E-state index in [2.05, 4.69) is 107 Å². The molecule has 1 unspecified atom stereocenters. The monoisotopic (exact) mass is 701 g/mol. The Balaban J connectivity index is 1.23. The van der Waals surface area contributed by atoms with Crippen LogP contribution in [0.5, 0.6) is 11.5 Å². The maximum atomic E-state index is 16.7.